The van der Waals surface area contributed by atoms with Crippen LogP contribution in [0.3, 0.4) is 0 Å². The van der Waals surface area contributed by atoms with Crippen LogP contribution in [0.25, 0.3) is 16.6 Å². The van der Waals surface area contributed by atoms with Crippen LogP contribution in [0.15, 0.2) is 53.8 Å². The molecule has 0 amide bonds. The Morgan fingerprint density at radius 1 is 1.12 bits per heavy atom. The van der Waals surface area contributed by atoms with Crippen LogP contribution in [0, 0.1) is 11.3 Å². The van der Waals surface area contributed by atoms with E-state index in [1.54, 1.807) is 36.7 Å². The first-order valence-electron chi connectivity index (χ1n) is 9.85. The fourth-order valence-corrected chi connectivity index (χ4v) is 3.98. The van der Waals surface area contributed by atoms with Crippen LogP contribution in [0.1, 0.15) is 24.2 Å². The molecule has 1 saturated carbocycles. The van der Waals surface area contributed by atoms with Gasteiger partial charge in [-0.25, -0.2) is 15.0 Å². The van der Waals surface area contributed by atoms with Crippen molar-refractivity contribution >= 4 is 40.1 Å². The van der Waals surface area contributed by atoms with Gasteiger partial charge < -0.3 is 4.90 Å². The van der Waals surface area contributed by atoms with E-state index in [1.807, 2.05) is 11.0 Å². The molecule has 1 aliphatic rings. The highest BCUT2D eigenvalue weighted by Gasteiger charge is 2.32. The van der Waals surface area contributed by atoms with Crippen LogP contribution in [0.2, 0.25) is 10.0 Å². The molecule has 0 bridgehead atoms. The number of halogens is 2. The maximum atomic E-state index is 13.6. The summed E-state index contributed by atoms with van der Waals surface area (Å²) in [5.74, 6) is 0.926. The van der Waals surface area contributed by atoms with Gasteiger partial charge in [-0.1, -0.05) is 23.2 Å². The van der Waals surface area contributed by atoms with Gasteiger partial charge in [0.1, 0.15) is 11.9 Å². The van der Waals surface area contributed by atoms with Gasteiger partial charge in [-0.3, -0.25) is 14.3 Å². The Kier molecular flexibility index (Phi) is 5.21. The second-order valence-corrected chi connectivity index (χ2v) is 8.19. The molecular weight excluding hydrogens is 449 g/mol. The summed E-state index contributed by atoms with van der Waals surface area (Å²) in [6.07, 6.45) is 8.14. The molecule has 0 spiro atoms. The van der Waals surface area contributed by atoms with Crippen molar-refractivity contribution in [2.75, 3.05) is 4.90 Å². The number of hydrogen-bond donors (Lipinski definition) is 0. The Morgan fingerprint density at radius 2 is 1.88 bits per heavy atom. The van der Waals surface area contributed by atoms with Crippen molar-refractivity contribution in [1.82, 2.24) is 24.5 Å². The summed E-state index contributed by atoms with van der Waals surface area (Å²) in [5, 5.41) is 9.91. The van der Waals surface area contributed by atoms with Crippen LogP contribution in [-0.4, -0.2) is 30.5 Å². The van der Waals surface area contributed by atoms with Gasteiger partial charge in [0.05, 0.1) is 57.3 Å². The van der Waals surface area contributed by atoms with Crippen molar-refractivity contribution in [2.24, 2.45) is 0 Å². The number of pyridine rings is 1. The van der Waals surface area contributed by atoms with E-state index in [4.69, 9.17) is 33.4 Å². The number of hydrogen-bond acceptors (Lipinski definition) is 7. The summed E-state index contributed by atoms with van der Waals surface area (Å²) in [4.78, 5) is 33.2. The summed E-state index contributed by atoms with van der Waals surface area (Å²) >= 11 is 12.7. The first kappa shape index (κ1) is 20.4. The predicted octanol–water partition coefficient (Wildman–Crippen LogP) is 3.92. The number of aromatic nitrogens is 5. The molecule has 1 fully saturated rings. The third kappa shape index (κ3) is 3.66. The van der Waals surface area contributed by atoms with Crippen molar-refractivity contribution in [1.29, 1.82) is 5.26 Å². The second-order valence-electron chi connectivity index (χ2n) is 7.38. The normalized spacial score (nSPS) is 13.2. The van der Waals surface area contributed by atoms with E-state index in [2.05, 4.69) is 15.0 Å². The molecule has 0 saturated heterocycles. The molecule has 3 heterocycles. The SMILES string of the molecule is N#Cc1cnc(N(Cc2nc3c(Cl)ccc(Cl)c3c(=O)n2-c2cccnc2)C2CC2)nc1. The minimum Gasteiger partial charge on any atom is -0.330 e. The molecule has 4 aromatic rings. The molecule has 32 heavy (non-hydrogen) atoms. The number of nitrogens with zero attached hydrogens (tertiary/aromatic N) is 7. The Hall–Kier alpha value is -3.54. The number of fused-ring (bicyclic) bond motifs is 1. The van der Waals surface area contributed by atoms with E-state index in [1.165, 1.54) is 17.0 Å². The van der Waals surface area contributed by atoms with Gasteiger partial charge in [-0.15, -0.1) is 0 Å². The van der Waals surface area contributed by atoms with Crippen molar-refractivity contribution < 1.29 is 0 Å². The molecule has 1 aromatic carbocycles. The number of anilines is 1. The van der Waals surface area contributed by atoms with Crippen molar-refractivity contribution in [3.05, 3.63) is 80.8 Å². The molecule has 0 radical (unpaired) electrons. The molecule has 8 nitrogen and oxygen atoms in total. The number of rotatable bonds is 5. The molecule has 0 unspecified atom stereocenters. The lowest BCUT2D eigenvalue weighted by Crippen LogP contribution is -2.32. The Bertz CT molecular complexity index is 1410. The fourth-order valence-electron chi connectivity index (χ4n) is 3.55. The van der Waals surface area contributed by atoms with E-state index >= 15 is 0 Å². The minimum atomic E-state index is -0.331. The minimum absolute atomic E-state index is 0.215. The maximum absolute atomic E-state index is 13.6. The van der Waals surface area contributed by atoms with E-state index in [9.17, 15) is 4.79 Å². The highest BCUT2D eigenvalue weighted by Crippen LogP contribution is 2.32. The van der Waals surface area contributed by atoms with Crippen molar-refractivity contribution in [3.63, 3.8) is 0 Å². The van der Waals surface area contributed by atoms with Gasteiger partial charge in [0.15, 0.2) is 0 Å². The Labute approximate surface area is 192 Å². The topological polar surface area (TPSA) is 101 Å². The smallest absolute Gasteiger partial charge is 0.267 e. The van der Waals surface area contributed by atoms with Gasteiger partial charge in [-0.05, 0) is 37.1 Å². The lowest BCUT2D eigenvalue weighted by Gasteiger charge is -2.24. The molecule has 0 aliphatic heterocycles. The quantitative estimate of drug-likeness (QED) is 0.441. The molecule has 10 heteroatoms. The molecule has 5 rings (SSSR count). The van der Waals surface area contributed by atoms with Crippen LogP contribution < -0.4 is 10.5 Å². The molecule has 0 atom stereocenters. The zero-order chi connectivity index (χ0) is 22.2. The van der Waals surface area contributed by atoms with E-state index in [0.717, 1.165) is 12.8 Å². The highest BCUT2D eigenvalue weighted by molar-refractivity contribution is 6.39. The summed E-state index contributed by atoms with van der Waals surface area (Å²) in [6, 6.07) is 8.98. The van der Waals surface area contributed by atoms with Crippen molar-refractivity contribution in [3.8, 4) is 11.8 Å². The fraction of sp³-hybridized carbons (Fsp3) is 0.182. The standard InChI is InChI=1S/C22H15Cl2N7O/c23-16-5-6-17(24)20-19(16)21(32)31(15-2-1-7-26-11-15)18(29-20)12-30(14-3-4-14)22-27-9-13(8-25)10-28-22/h1-2,5-7,9-11,14H,3-4,12H2. The lowest BCUT2D eigenvalue weighted by atomic mass is 10.2. The monoisotopic (exact) mass is 463 g/mol. The molecule has 3 aromatic heterocycles. The van der Waals surface area contributed by atoms with Gasteiger partial charge in [0, 0.05) is 12.2 Å². The van der Waals surface area contributed by atoms with Gasteiger partial charge in [0.2, 0.25) is 5.95 Å². The average molecular weight is 464 g/mol. The third-order valence-corrected chi connectivity index (χ3v) is 5.84. The van der Waals surface area contributed by atoms with Crippen LogP contribution in [0.5, 0.6) is 0 Å². The van der Waals surface area contributed by atoms with Gasteiger partial charge in [0.25, 0.3) is 5.56 Å². The Morgan fingerprint density at radius 3 is 2.53 bits per heavy atom. The third-order valence-electron chi connectivity index (χ3n) is 5.22. The van der Waals surface area contributed by atoms with Gasteiger partial charge >= 0.3 is 0 Å². The molecule has 1 aliphatic carbocycles. The van der Waals surface area contributed by atoms with Crippen molar-refractivity contribution in [2.45, 2.75) is 25.4 Å². The summed E-state index contributed by atoms with van der Waals surface area (Å²) in [6.45, 7) is 0.263. The maximum Gasteiger partial charge on any atom is 0.267 e. The molecule has 158 valence electrons. The average Bonchev–Trinajstić information content (AvgIpc) is 3.66. The first-order chi connectivity index (χ1) is 15.6. The van der Waals surface area contributed by atoms with Gasteiger partial charge in [-0.2, -0.15) is 5.26 Å². The zero-order valence-electron chi connectivity index (χ0n) is 16.6. The summed E-state index contributed by atoms with van der Waals surface area (Å²) in [7, 11) is 0. The summed E-state index contributed by atoms with van der Waals surface area (Å²) in [5.41, 5.74) is 0.953. The van der Waals surface area contributed by atoms with E-state index in [0.29, 0.717) is 33.6 Å². The Balaban J connectivity index is 1.70. The van der Waals surface area contributed by atoms with Crippen LogP contribution >= 0.6 is 23.2 Å². The highest BCUT2D eigenvalue weighted by atomic mass is 35.5. The summed E-state index contributed by atoms with van der Waals surface area (Å²) < 4.78 is 1.50. The number of nitriles is 1. The lowest BCUT2D eigenvalue weighted by molar-refractivity contribution is 0.699. The molecular formula is C22H15Cl2N7O. The second kappa shape index (κ2) is 8.19. The zero-order valence-corrected chi connectivity index (χ0v) is 18.1. The largest absolute Gasteiger partial charge is 0.330 e. The number of benzene rings is 1. The van der Waals surface area contributed by atoms with E-state index < -0.39 is 0 Å². The predicted molar refractivity (Wildman–Crippen MR) is 121 cm³/mol. The van der Waals surface area contributed by atoms with Crippen LogP contribution in [0.4, 0.5) is 5.95 Å². The van der Waals surface area contributed by atoms with E-state index in [-0.39, 0.29) is 28.6 Å². The van der Waals surface area contributed by atoms with Crippen LogP contribution in [-0.2, 0) is 6.54 Å². The first-order valence-corrected chi connectivity index (χ1v) is 10.6. The molecule has 0 N–H and O–H groups in total.